The first kappa shape index (κ1) is 20.5. The van der Waals surface area contributed by atoms with E-state index in [1.807, 2.05) is 61.5 Å². The van der Waals surface area contributed by atoms with Gasteiger partial charge in [0.1, 0.15) is 12.5 Å². The highest BCUT2D eigenvalue weighted by atomic mass is 16.7. The molecule has 6 heteroatoms. The monoisotopic (exact) mass is 414 g/mol. The molecule has 4 rings (SSSR count). The van der Waals surface area contributed by atoms with Crippen LogP contribution in [0.25, 0.3) is 0 Å². The molecule has 0 spiro atoms. The molecule has 0 radical (unpaired) electrons. The van der Waals surface area contributed by atoms with Crippen molar-refractivity contribution in [2.24, 2.45) is 0 Å². The summed E-state index contributed by atoms with van der Waals surface area (Å²) in [6.45, 7) is 2.31. The van der Waals surface area contributed by atoms with E-state index >= 15 is 0 Å². The fourth-order valence-corrected chi connectivity index (χ4v) is 3.49. The third kappa shape index (κ3) is 4.39. The summed E-state index contributed by atoms with van der Waals surface area (Å²) in [6, 6.07) is 23.6. The standard InChI is InChI=1S/C25H22N2O4/c1-17-11-13-18(14-12-17)15-26-23(28)22-20-9-5-6-10-21(20)24(29)27(25(22)30)31-16-19-7-3-2-4-8-19/h2-14,22H,15-16H2,1H3,(H,26,28). The third-order valence-corrected chi connectivity index (χ3v) is 5.19. The van der Waals surface area contributed by atoms with Gasteiger partial charge in [0.15, 0.2) is 0 Å². The van der Waals surface area contributed by atoms with Gasteiger partial charge in [0.05, 0.1) is 0 Å². The SMILES string of the molecule is Cc1ccc(CNC(=O)C2C(=O)N(OCc3ccccc3)C(=O)c3ccccc32)cc1. The fraction of sp³-hybridized carbons (Fsp3) is 0.160. The Balaban J connectivity index is 1.55. The smallest absolute Gasteiger partial charge is 0.285 e. The molecule has 3 aromatic carbocycles. The van der Waals surface area contributed by atoms with E-state index in [2.05, 4.69) is 5.32 Å². The molecule has 3 aromatic rings. The average molecular weight is 414 g/mol. The van der Waals surface area contributed by atoms with Crippen molar-refractivity contribution < 1.29 is 19.2 Å². The Morgan fingerprint density at radius 1 is 0.903 bits per heavy atom. The normalized spacial score (nSPS) is 15.5. The highest BCUT2D eigenvalue weighted by molar-refractivity contribution is 6.18. The molecular weight excluding hydrogens is 392 g/mol. The van der Waals surface area contributed by atoms with Crippen LogP contribution in [-0.4, -0.2) is 22.8 Å². The number of rotatable bonds is 6. The van der Waals surface area contributed by atoms with Crippen LogP contribution < -0.4 is 5.32 Å². The summed E-state index contributed by atoms with van der Waals surface area (Å²) in [5, 5.41) is 3.53. The van der Waals surface area contributed by atoms with Crippen molar-refractivity contribution in [1.29, 1.82) is 0 Å². The van der Waals surface area contributed by atoms with Crippen LogP contribution in [-0.2, 0) is 27.6 Å². The molecule has 1 aliphatic heterocycles. The second kappa shape index (κ2) is 8.93. The maximum atomic E-state index is 13.1. The summed E-state index contributed by atoms with van der Waals surface area (Å²) in [7, 11) is 0. The highest BCUT2D eigenvalue weighted by Crippen LogP contribution is 2.30. The van der Waals surface area contributed by atoms with Crippen molar-refractivity contribution in [1.82, 2.24) is 10.4 Å². The first-order chi connectivity index (χ1) is 15.0. The number of aryl methyl sites for hydroxylation is 1. The molecule has 31 heavy (non-hydrogen) atoms. The number of nitrogens with one attached hydrogen (secondary N) is 1. The molecule has 1 aliphatic rings. The zero-order chi connectivity index (χ0) is 21.8. The Labute approximate surface area is 180 Å². The summed E-state index contributed by atoms with van der Waals surface area (Å²) >= 11 is 0. The van der Waals surface area contributed by atoms with Crippen LogP contribution in [0.1, 0.15) is 38.5 Å². The van der Waals surface area contributed by atoms with Crippen LogP contribution in [0.4, 0.5) is 0 Å². The molecular formula is C25H22N2O4. The summed E-state index contributed by atoms with van der Waals surface area (Å²) in [6.07, 6.45) is 0. The molecule has 1 unspecified atom stereocenters. The largest absolute Gasteiger partial charge is 0.351 e. The maximum Gasteiger partial charge on any atom is 0.285 e. The van der Waals surface area contributed by atoms with Crippen LogP contribution in [0, 0.1) is 6.92 Å². The Morgan fingerprint density at radius 2 is 1.58 bits per heavy atom. The van der Waals surface area contributed by atoms with Gasteiger partial charge >= 0.3 is 0 Å². The molecule has 156 valence electrons. The molecule has 1 atom stereocenters. The van der Waals surface area contributed by atoms with Crippen molar-refractivity contribution in [2.75, 3.05) is 0 Å². The summed E-state index contributed by atoms with van der Waals surface area (Å²) in [5.74, 6) is -2.89. The molecule has 3 amide bonds. The van der Waals surface area contributed by atoms with E-state index in [4.69, 9.17) is 4.84 Å². The fourth-order valence-electron chi connectivity index (χ4n) is 3.49. The Kier molecular flexibility index (Phi) is 5.91. The summed E-state index contributed by atoms with van der Waals surface area (Å²) in [5.41, 5.74) is 3.52. The van der Waals surface area contributed by atoms with Gasteiger partial charge in [-0.2, -0.15) is 0 Å². The minimum absolute atomic E-state index is 0.0399. The Bertz CT molecular complexity index is 1110. The van der Waals surface area contributed by atoms with Gasteiger partial charge in [-0.3, -0.25) is 19.2 Å². The topological polar surface area (TPSA) is 75.7 Å². The molecule has 1 N–H and O–H groups in total. The maximum absolute atomic E-state index is 13.1. The van der Waals surface area contributed by atoms with E-state index in [0.717, 1.165) is 16.7 Å². The number of hydroxylamine groups is 2. The number of hydrogen-bond donors (Lipinski definition) is 1. The third-order valence-electron chi connectivity index (χ3n) is 5.19. The predicted molar refractivity (Wildman–Crippen MR) is 115 cm³/mol. The molecule has 0 aromatic heterocycles. The average Bonchev–Trinajstić information content (AvgIpc) is 2.79. The van der Waals surface area contributed by atoms with Gasteiger partial charge in [0.2, 0.25) is 5.91 Å². The second-order valence-electron chi connectivity index (χ2n) is 7.42. The summed E-state index contributed by atoms with van der Waals surface area (Å²) < 4.78 is 0. The molecule has 0 bridgehead atoms. The van der Waals surface area contributed by atoms with Crippen molar-refractivity contribution in [3.63, 3.8) is 0 Å². The van der Waals surface area contributed by atoms with Gasteiger partial charge in [-0.25, -0.2) is 0 Å². The zero-order valence-electron chi connectivity index (χ0n) is 17.1. The van der Waals surface area contributed by atoms with E-state index in [1.165, 1.54) is 0 Å². The predicted octanol–water partition coefficient (Wildman–Crippen LogP) is 3.51. The second-order valence-corrected chi connectivity index (χ2v) is 7.42. The van der Waals surface area contributed by atoms with Crippen LogP contribution in [0.2, 0.25) is 0 Å². The molecule has 0 fully saturated rings. The number of benzene rings is 3. The van der Waals surface area contributed by atoms with Crippen molar-refractivity contribution in [2.45, 2.75) is 26.0 Å². The number of amides is 3. The van der Waals surface area contributed by atoms with Crippen LogP contribution in [0.3, 0.4) is 0 Å². The molecule has 0 saturated heterocycles. The van der Waals surface area contributed by atoms with Gasteiger partial charge < -0.3 is 5.32 Å². The molecule has 6 nitrogen and oxygen atoms in total. The first-order valence-electron chi connectivity index (χ1n) is 10.0. The number of fused-ring (bicyclic) bond motifs is 1. The number of carbonyl (C=O) groups is 3. The lowest BCUT2D eigenvalue weighted by Gasteiger charge is -2.30. The highest BCUT2D eigenvalue weighted by Gasteiger charge is 2.43. The molecule has 0 saturated carbocycles. The summed E-state index contributed by atoms with van der Waals surface area (Å²) in [4.78, 5) is 44.6. The number of nitrogens with zero attached hydrogens (tertiary/aromatic N) is 1. The van der Waals surface area contributed by atoms with E-state index in [-0.39, 0.29) is 18.7 Å². The number of imide groups is 1. The number of carbonyl (C=O) groups excluding carboxylic acids is 3. The van der Waals surface area contributed by atoms with Crippen LogP contribution >= 0.6 is 0 Å². The van der Waals surface area contributed by atoms with E-state index in [1.54, 1.807) is 24.3 Å². The lowest BCUT2D eigenvalue weighted by molar-refractivity contribution is -0.177. The van der Waals surface area contributed by atoms with Crippen LogP contribution in [0.15, 0.2) is 78.9 Å². The molecule has 0 aliphatic carbocycles. The minimum atomic E-state index is -1.16. The van der Waals surface area contributed by atoms with Gasteiger partial charge in [0, 0.05) is 12.1 Å². The number of hydrogen-bond acceptors (Lipinski definition) is 4. The lowest BCUT2D eigenvalue weighted by Crippen LogP contribution is -2.49. The van der Waals surface area contributed by atoms with E-state index in [0.29, 0.717) is 10.6 Å². The first-order valence-corrected chi connectivity index (χ1v) is 10.0. The Hall–Kier alpha value is -3.77. The van der Waals surface area contributed by atoms with E-state index in [9.17, 15) is 14.4 Å². The van der Waals surface area contributed by atoms with E-state index < -0.39 is 23.6 Å². The van der Waals surface area contributed by atoms with Crippen molar-refractivity contribution >= 4 is 17.7 Å². The lowest BCUT2D eigenvalue weighted by atomic mass is 9.88. The van der Waals surface area contributed by atoms with Gasteiger partial charge in [-0.15, -0.1) is 5.06 Å². The Morgan fingerprint density at radius 3 is 2.32 bits per heavy atom. The van der Waals surface area contributed by atoms with Crippen molar-refractivity contribution in [3.05, 3.63) is 107 Å². The van der Waals surface area contributed by atoms with Gasteiger partial charge in [-0.1, -0.05) is 78.4 Å². The quantitative estimate of drug-likeness (QED) is 0.495. The van der Waals surface area contributed by atoms with Crippen LogP contribution in [0.5, 0.6) is 0 Å². The zero-order valence-corrected chi connectivity index (χ0v) is 17.1. The van der Waals surface area contributed by atoms with Crippen molar-refractivity contribution in [3.8, 4) is 0 Å². The van der Waals surface area contributed by atoms with Gasteiger partial charge in [-0.05, 0) is 29.7 Å². The van der Waals surface area contributed by atoms with Gasteiger partial charge in [0.25, 0.3) is 11.8 Å². The minimum Gasteiger partial charge on any atom is -0.351 e. The molecule has 1 heterocycles.